The van der Waals surface area contributed by atoms with Crippen LogP contribution in [0.25, 0.3) is 0 Å². The SMILES string of the molecule is CCOC(=O)N(Cc1ccccc1)[C@H]1C[C@@H](C)N(C(=O)OCc2ccsc2)c2cc(OC)c(OC)cc21. The zero-order chi connectivity index (χ0) is 26.4. The molecule has 0 N–H and O–H groups in total. The average molecular weight is 525 g/mol. The Morgan fingerprint density at radius 3 is 2.41 bits per heavy atom. The van der Waals surface area contributed by atoms with Gasteiger partial charge in [0.1, 0.15) is 6.61 Å². The fraction of sp³-hybridized carbons (Fsp3) is 0.357. The molecule has 37 heavy (non-hydrogen) atoms. The van der Waals surface area contributed by atoms with Crippen molar-refractivity contribution in [1.29, 1.82) is 0 Å². The minimum absolute atomic E-state index is 0.181. The molecule has 2 aromatic carbocycles. The van der Waals surface area contributed by atoms with Gasteiger partial charge in [0.15, 0.2) is 11.5 Å². The number of rotatable bonds is 8. The van der Waals surface area contributed by atoms with Gasteiger partial charge < -0.3 is 18.9 Å². The van der Waals surface area contributed by atoms with Crippen molar-refractivity contribution in [3.05, 3.63) is 76.0 Å². The van der Waals surface area contributed by atoms with Crippen LogP contribution in [0.2, 0.25) is 0 Å². The fourth-order valence-corrected chi connectivity index (χ4v) is 5.26. The van der Waals surface area contributed by atoms with Gasteiger partial charge in [0.25, 0.3) is 0 Å². The second-order valence-electron chi connectivity index (χ2n) is 8.74. The Balaban J connectivity index is 1.75. The zero-order valence-electron chi connectivity index (χ0n) is 21.5. The highest BCUT2D eigenvalue weighted by atomic mass is 32.1. The second kappa shape index (κ2) is 12.0. The molecule has 0 bridgehead atoms. The number of anilines is 1. The number of methoxy groups -OCH3 is 2. The van der Waals surface area contributed by atoms with Crippen molar-refractivity contribution < 1.29 is 28.5 Å². The number of hydrogen-bond acceptors (Lipinski definition) is 7. The molecule has 2 atom stereocenters. The lowest BCUT2D eigenvalue weighted by Gasteiger charge is -2.42. The Labute approximate surface area is 221 Å². The lowest BCUT2D eigenvalue weighted by atomic mass is 9.90. The highest BCUT2D eigenvalue weighted by Crippen LogP contribution is 2.46. The van der Waals surface area contributed by atoms with E-state index >= 15 is 0 Å². The largest absolute Gasteiger partial charge is 0.493 e. The normalized spacial score (nSPS) is 16.5. The number of nitrogens with zero attached hydrogens (tertiary/aromatic N) is 2. The van der Waals surface area contributed by atoms with Crippen LogP contribution in [0.5, 0.6) is 11.5 Å². The van der Waals surface area contributed by atoms with Gasteiger partial charge in [0.05, 0.1) is 32.6 Å². The van der Waals surface area contributed by atoms with Gasteiger partial charge in [-0.25, -0.2) is 9.59 Å². The predicted molar refractivity (Wildman–Crippen MR) is 142 cm³/mol. The van der Waals surface area contributed by atoms with Crippen LogP contribution in [0.3, 0.4) is 0 Å². The van der Waals surface area contributed by atoms with Crippen LogP contribution in [0.4, 0.5) is 15.3 Å². The molecule has 196 valence electrons. The quantitative estimate of drug-likeness (QED) is 0.339. The third-order valence-corrected chi connectivity index (χ3v) is 7.10. The van der Waals surface area contributed by atoms with E-state index in [1.54, 1.807) is 48.3 Å². The number of benzene rings is 2. The van der Waals surface area contributed by atoms with E-state index in [0.717, 1.165) is 16.7 Å². The third kappa shape index (κ3) is 5.83. The molecular weight excluding hydrogens is 492 g/mol. The minimum atomic E-state index is -0.462. The van der Waals surface area contributed by atoms with Crippen LogP contribution < -0.4 is 14.4 Å². The number of fused-ring (bicyclic) bond motifs is 1. The Morgan fingerprint density at radius 2 is 1.76 bits per heavy atom. The topological polar surface area (TPSA) is 77.5 Å². The number of ether oxygens (including phenoxy) is 4. The number of hydrogen-bond donors (Lipinski definition) is 0. The van der Waals surface area contributed by atoms with E-state index in [-0.39, 0.29) is 25.3 Å². The van der Waals surface area contributed by atoms with E-state index in [4.69, 9.17) is 18.9 Å². The van der Waals surface area contributed by atoms with Crippen molar-refractivity contribution in [3.63, 3.8) is 0 Å². The first-order valence-corrected chi connectivity index (χ1v) is 13.1. The van der Waals surface area contributed by atoms with Crippen LogP contribution in [0, 0.1) is 0 Å². The van der Waals surface area contributed by atoms with E-state index in [1.165, 1.54) is 0 Å². The van der Waals surface area contributed by atoms with Crippen LogP contribution in [0.15, 0.2) is 59.3 Å². The standard InChI is InChI=1S/C28H32N2O6S/c1-5-35-27(31)29(16-20-9-7-6-8-10-20)23-13-19(2)30(28(32)36-17-21-11-12-37-18-21)24-15-26(34-4)25(33-3)14-22(23)24/h6-12,14-15,18-19,23H,5,13,16-17H2,1-4H3/t19-,23+/m1/s1. The summed E-state index contributed by atoms with van der Waals surface area (Å²) >= 11 is 1.55. The molecule has 2 amide bonds. The smallest absolute Gasteiger partial charge is 0.414 e. The maximum absolute atomic E-state index is 13.4. The average Bonchev–Trinajstić information content (AvgIpc) is 3.44. The molecule has 0 radical (unpaired) electrons. The minimum Gasteiger partial charge on any atom is -0.493 e. The molecule has 0 aliphatic carbocycles. The van der Waals surface area contributed by atoms with Crippen molar-refractivity contribution >= 4 is 29.2 Å². The summed E-state index contributed by atoms with van der Waals surface area (Å²) in [5, 5.41) is 3.89. The van der Waals surface area contributed by atoms with Gasteiger partial charge in [0, 0.05) is 29.8 Å². The molecule has 0 fully saturated rings. The molecule has 1 aromatic heterocycles. The van der Waals surface area contributed by atoms with E-state index in [0.29, 0.717) is 30.2 Å². The summed E-state index contributed by atoms with van der Waals surface area (Å²) in [6.45, 7) is 4.53. The van der Waals surface area contributed by atoms with Crippen LogP contribution >= 0.6 is 11.3 Å². The molecular formula is C28H32N2O6S. The molecule has 2 heterocycles. The van der Waals surface area contributed by atoms with Crippen molar-refractivity contribution in [3.8, 4) is 11.5 Å². The summed E-state index contributed by atoms with van der Waals surface area (Å²) in [5.74, 6) is 0.992. The Bertz CT molecular complexity index is 1200. The molecule has 4 rings (SSSR count). The highest BCUT2D eigenvalue weighted by Gasteiger charge is 2.40. The first-order chi connectivity index (χ1) is 18.0. The van der Waals surface area contributed by atoms with Crippen LogP contribution in [0.1, 0.15) is 43.0 Å². The summed E-state index contributed by atoms with van der Waals surface area (Å²) in [4.78, 5) is 29.9. The lowest BCUT2D eigenvalue weighted by molar-refractivity contribution is 0.0807. The van der Waals surface area contributed by atoms with Crippen molar-refractivity contribution in [1.82, 2.24) is 4.90 Å². The van der Waals surface area contributed by atoms with Crippen LogP contribution in [-0.4, -0.2) is 44.0 Å². The van der Waals surface area contributed by atoms with Gasteiger partial charge in [-0.15, -0.1) is 0 Å². The molecule has 8 nitrogen and oxygen atoms in total. The van der Waals surface area contributed by atoms with Gasteiger partial charge in [0.2, 0.25) is 0 Å². The molecule has 1 aliphatic rings. The number of carbonyl (C=O) groups is 2. The Hall–Kier alpha value is -3.72. The summed E-state index contributed by atoms with van der Waals surface area (Å²) in [6.07, 6.45) is -0.393. The molecule has 9 heteroatoms. The molecule has 0 saturated heterocycles. The summed E-state index contributed by atoms with van der Waals surface area (Å²) in [6, 6.07) is 14.7. The zero-order valence-corrected chi connectivity index (χ0v) is 22.3. The Morgan fingerprint density at radius 1 is 1.03 bits per heavy atom. The Kier molecular flexibility index (Phi) is 8.55. The van der Waals surface area contributed by atoms with Gasteiger partial charge in [-0.3, -0.25) is 9.80 Å². The number of thiophene rings is 1. The molecule has 0 unspecified atom stereocenters. The highest BCUT2D eigenvalue weighted by molar-refractivity contribution is 7.07. The number of amides is 2. The first kappa shape index (κ1) is 26.3. The van der Waals surface area contributed by atoms with Gasteiger partial charge in [-0.2, -0.15) is 11.3 Å². The maximum atomic E-state index is 13.4. The molecule has 3 aromatic rings. The fourth-order valence-electron chi connectivity index (χ4n) is 4.60. The van der Waals surface area contributed by atoms with E-state index in [2.05, 4.69) is 0 Å². The van der Waals surface area contributed by atoms with Crippen molar-refractivity contribution in [2.75, 3.05) is 25.7 Å². The maximum Gasteiger partial charge on any atom is 0.414 e. The lowest BCUT2D eigenvalue weighted by Crippen LogP contribution is -2.47. The van der Waals surface area contributed by atoms with Crippen molar-refractivity contribution in [2.45, 2.75) is 45.5 Å². The summed E-state index contributed by atoms with van der Waals surface area (Å²) in [5.41, 5.74) is 3.28. The van der Waals surface area contributed by atoms with Gasteiger partial charge in [-0.05, 0) is 48.7 Å². The summed E-state index contributed by atoms with van der Waals surface area (Å²) < 4.78 is 22.3. The van der Waals surface area contributed by atoms with Crippen molar-refractivity contribution in [2.24, 2.45) is 0 Å². The second-order valence-corrected chi connectivity index (χ2v) is 9.52. The van der Waals surface area contributed by atoms with Gasteiger partial charge in [-0.1, -0.05) is 30.3 Å². The van der Waals surface area contributed by atoms with Crippen LogP contribution in [-0.2, 0) is 22.6 Å². The van der Waals surface area contributed by atoms with E-state index in [1.807, 2.05) is 60.1 Å². The number of carbonyl (C=O) groups excluding carboxylic acids is 2. The first-order valence-electron chi connectivity index (χ1n) is 12.2. The molecule has 1 aliphatic heterocycles. The molecule has 0 saturated carbocycles. The van der Waals surface area contributed by atoms with Gasteiger partial charge >= 0.3 is 12.2 Å². The third-order valence-electron chi connectivity index (χ3n) is 6.37. The molecule has 0 spiro atoms. The monoisotopic (exact) mass is 524 g/mol. The summed E-state index contributed by atoms with van der Waals surface area (Å²) in [7, 11) is 3.11. The predicted octanol–water partition coefficient (Wildman–Crippen LogP) is 6.40. The van der Waals surface area contributed by atoms with E-state index in [9.17, 15) is 9.59 Å². The van der Waals surface area contributed by atoms with E-state index < -0.39 is 12.2 Å².